The van der Waals surface area contributed by atoms with E-state index in [-0.39, 0.29) is 16.0 Å². The predicted molar refractivity (Wildman–Crippen MR) is 102 cm³/mol. The molecule has 2 aromatic heterocycles. The third-order valence-corrected chi connectivity index (χ3v) is 4.69. The molecule has 0 radical (unpaired) electrons. The van der Waals surface area contributed by atoms with E-state index in [4.69, 9.17) is 34.7 Å². The van der Waals surface area contributed by atoms with E-state index in [2.05, 4.69) is 9.97 Å². The van der Waals surface area contributed by atoms with Gasteiger partial charge in [-0.1, -0.05) is 30.1 Å². The Morgan fingerprint density at radius 2 is 1.96 bits per heavy atom. The van der Waals surface area contributed by atoms with Crippen molar-refractivity contribution in [3.63, 3.8) is 0 Å². The molecule has 130 valence electrons. The lowest BCUT2D eigenvalue weighted by molar-refractivity contribution is 0.622. The van der Waals surface area contributed by atoms with Crippen LogP contribution in [0.1, 0.15) is 30.8 Å². The molecule has 0 aliphatic heterocycles. The Hall–Kier alpha value is -2.15. The minimum Gasteiger partial charge on any atom is -0.384 e. The molecule has 3 rings (SSSR count). The number of nitrogens with zero attached hydrogens (tertiary/aromatic N) is 3. The van der Waals surface area contributed by atoms with E-state index in [0.717, 1.165) is 5.56 Å². The van der Waals surface area contributed by atoms with Crippen LogP contribution in [0, 0.1) is 6.92 Å². The van der Waals surface area contributed by atoms with Crippen LogP contribution in [0.5, 0.6) is 0 Å². The van der Waals surface area contributed by atoms with Crippen LogP contribution in [0.3, 0.4) is 0 Å². The second-order valence-electron chi connectivity index (χ2n) is 5.77. The molecule has 2 heterocycles. The molecule has 25 heavy (non-hydrogen) atoms. The average molecular weight is 378 g/mol. The molecule has 0 saturated carbocycles. The Morgan fingerprint density at radius 3 is 2.60 bits per heavy atom. The highest BCUT2D eigenvalue weighted by molar-refractivity contribution is 6.39. The largest absolute Gasteiger partial charge is 0.384 e. The highest BCUT2D eigenvalue weighted by atomic mass is 35.5. The summed E-state index contributed by atoms with van der Waals surface area (Å²) in [5.74, 6) is 0.768. The van der Waals surface area contributed by atoms with Crippen LogP contribution < -0.4 is 17.0 Å². The first-order valence-corrected chi connectivity index (χ1v) is 8.49. The van der Waals surface area contributed by atoms with Crippen LogP contribution >= 0.6 is 23.2 Å². The van der Waals surface area contributed by atoms with E-state index in [1.807, 2.05) is 13.8 Å². The molecule has 1 aromatic carbocycles. The maximum atomic E-state index is 13.2. The number of benzene rings is 1. The third kappa shape index (κ3) is 2.97. The maximum absolute atomic E-state index is 13.2. The van der Waals surface area contributed by atoms with Crippen LogP contribution in [-0.2, 0) is 0 Å². The fourth-order valence-electron chi connectivity index (χ4n) is 2.70. The van der Waals surface area contributed by atoms with Crippen molar-refractivity contribution in [1.29, 1.82) is 0 Å². The standard InChI is InChI=1S/C17H17Cl2N5O/c1-3-11(20)16-23-15-10(19)5-4-9(18)14(15)17(25)24(16)12-7-22-13(21)6-8(12)2/h4-7,11H,3,20H2,1-2H3,(H2,21,22)/t11-/m0/s1. The number of aryl methyl sites for hydroxylation is 1. The Labute approximate surface area is 154 Å². The van der Waals surface area contributed by atoms with Crippen molar-refractivity contribution < 1.29 is 0 Å². The van der Waals surface area contributed by atoms with Crippen molar-refractivity contribution in [3.05, 3.63) is 56.2 Å². The Kier molecular flexibility index (Phi) is 4.69. The van der Waals surface area contributed by atoms with Gasteiger partial charge in [-0.3, -0.25) is 9.36 Å². The fraction of sp³-hybridized carbons (Fsp3) is 0.235. The SMILES string of the molecule is CC[C@H](N)c1nc2c(Cl)ccc(Cl)c2c(=O)n1-c1cnc(N)cc1C. The molecule has 1 atom stereocenters. The summed E-state index contributed by atoms with van der Waals surface area (Å²) in [6.45, 7) is 3.75. The van der Waals surface area contributed by atoms with Gasteiger partial charge in [0.25, 0.3) is 5.56 Å². The van der Waals surface area contributed by atoms with E-state index < -0.39 is 6.04 Å². The summed E-state index contributed by atoms with van der Waals surface area (Å²) in [7, 11) is 0. The molecule has 4 N–H and O–H groups in total. The zero-order chi connectivity index (χ0) is 18.3. The lowest BCUT2D eigenvalue weighted by Crippen LogP contribution is -2.29. The number of rotatable bonds is 3. The second kappa shape index (κ2) is 6.63. The summed E-state index contributed by atoms with van der Waals surface area (Å²) in [6.07, 6.45) is 2.13. The minimum absolute atomic E-state index is 0.248. The highest BCUT2D eigenvalue weighted by Gasteiger charge is 2.21. The summed E-state index contributed by atoms with van der Waals surface area (Å²) in [5, 5.41) is 0.876. The summed E-state index contributed by atoms with van der Waals surface area (Å²) in [4.78, 5) is 21.9. The second-order valence-corrected chi connectivity index (χ2v) is 6.59. The maximum Gasteiger partial charge on any atom is 0.267 e. The van der Waals surface area contributed by atoms with Gasteiger partial charge in [0.15, 0.2) is 0 Å². The molecule has 0 bridgehead atoms. The summed E-state index contributed by atoms with van der Waals surface area (Å²) in [5.41, 5.74) is 13.3. The zero-order valence-corrected chi connectivity index (χ0v) is 15.3. The van der Waals surface area contributed by atoms with Crippen LogP contribution in [0.25, 0.3) is 16.6 Å². The topological polar surface area (TPSA) is 99.8 Å². The molecule has 8 heteroatoms. The molecule has 0 fully saturated rings. The van der Waals surface area contributed by atoms with Crippen LogP contribution in [0.4, 0.5) is 5.82 Å². The van der Waals surface area contributed by atoms with Gasteiger partial charge in [-0.05, 0) is 37.1 Å². The van der Waals surface area contributed by atoms with Crippen molar-refractivity contribution in [2.45, 2.75) is 26.3 Å². The Bertz CT molecular complexity index is 1030. The van der Waals surface area contributed by atoms with Gasteiger partial charge in [0, 0.05) is 0 Å². The average Bonchev–Trinajstić information content (AvgIpc) is 2.58. The van der Waals surface area contributed by atoms with Gasteiger partial charge in [-0.25, -0.2) is 9.97 Å². The molecular weight excluding hydrogens is 361 g/mol. The first-order valence-electron chi connectivity index (χ1n) is 7.73. The molecule has 0 aliphatic rings. The van der Waals surface area contributed by atoms with Crippen molar-refractivity contribution in [2.75, 3.05) is 5.73 Å². The number of hydrogen-bond donors (Lipinski definition) is 2. The first kappa shape index (κ1) is 17.7. The van der Waals surface area contributed by atoms with E-state index in [1.54, 1.807) is 18.2 Å². The van der Waals surface area contributed by atoms with Crippen LogP contribution in [-0.4, -0.2) is 14.5 Å². The first-order chi connectivity index (χ1) is 11.8. The number of hydrogen-bond acceptors (Lipinski definition) is 5. The zero-order valence-electron chi connectivity index (χ0n) is 13.8. The van der Waals surface area contributed by atoms with Gasteiger partial charge in [-0.2, -0.15) is 0 Å². The molecule has 0 saturated heterocycles. The van der Waals surface area contributed by atoms with Gasteiger partial charge in [-0.15, -0.1) is 0 Å². The monoisotopic (exact) mass is 377 g/mol. The minimum atomic E-state index is -0.455. The van der Waals surface area contributed by atoms with Crippen molar-refractivity contribution >= 4 is 39.9 Å². The highest BCUT2D eigenvalue weighted by Crippen LogP contribution is 2.28. The van der Waals surface area contributed by atoms with Gasteiger partial charge < -0.3 is 11.5 Å². The quantitative estimate of drug-likeness (QED) is 0.728. The van der Waals surface area contributed by atoms with Crippen molar-refractivity contribution in [3.8, 4) is 5.69 Å². The smallest absolute Gasteiger partial charge is 0.267 e. The van der Waals surface area contributed by atoms with Gasteiger partial charge in [0.2, 0.25) is 0 Å². The van der Waals surface area contributed by atoms with Crippen LogP contribution in [0.15, 0.2) is 29.2 Å². The number of aromatic nitrogens is 3. The van der Waals surface area contributed by atoms with Crippen molar-refractivity contribution in [1.82, 2.24) is 14.5 Å². The molecule has 0 aliphatic carbocycles. The number of pyridine rings is 1. The molecule has 0 unspecified atom stereocenters. The predicted octanol–water partition coefficient (Wildman–Crippen LogP) is 3.39. The van der Waals surface area contributed by atoms with Gasteiger partial charge in [0.05, 0.1) is 38.9 Å². The third-order valence-electron chi connectivity index (χ3n) is 4.07. The van der Waals surface area contributed by atoms with Gasteiger partial charge >= 0.3 is 0 Å². The van der Waals surface area contributed by atoms with E-state index in [9.17, 15) is 4.79 Å². The van der Waals surface area contributed by atoms with Crippen molar-refractivity contribution in [2.24, 2.45) is 5.73 Å². The van der Waals surface area contributed by atoms with Gasteiger partial charge in [0.1, 0.15) is 11.6 Å². The van der Waals surface area contributed by atoms with E-state index >= 15 is 0 Å². The number of nitrogens with two attached hydrogens (primary N) is 2. The number of fused-ring (bicyclic) bond motifs is 1. The molecule has 0 amide bonds. The lowest BCUT2D eigenvalue weighted by atomic mass is 10.1. The molecular formula is C17H17Cl2N5O. The van der Waals surface area contributed by atoms with E-state index in [0.29, 0.717) is 34.3 Å². The lowest BCUT2D eigenvalue weighted by Gasteiger charge is -2.19. The summed E-state index contributed by atoms with van der Waals surface area (Å²) in [6, 6.07) is 4.42. The molecule has 3 aromatic rings. The molecule has 0 spiro atoms. The number of halogens is 2. The fourth-order valence-corrected chi connectivity index (χ4v) is 3.14. The Balaban J connectivity index is 2.50. The summed E-state index contributed by atoms with van der Waals surface area (Å²) >= 11 is 12.5. The van der Waals surface area contributed by atoms with Crippen LogP contribution in [0.2, 0.25) is 10.0 Å². The van der Waals surface area contributed by atoms with E-state index in [1.165, 1.54) is 10.8 Å². The Morgan fingerprint density at radius 1 is 1.28 bits per heavy atom. The number of anilines is 1. The summed E-state index contributed by atoms with van der Waals surface area (Å²) < 4.78 is 1.44. The number of nitrogen functional groups attached to an aromatic ring is 1. The normalized spacial score (nSPS) is 12.5. The molecule has 6 nitrogen and oxygen atoms in total.